The number of β-amino-alcohol motifs (C(OH)–C–C–N with tert-alkyl or cyclic N) is 1. The lowest BCUT2D eigenvalue weighted by atomic mass is 10.1. The summed E-state index contributed by atoms with van der Waals surface area (Å²) in [6, 6.07) is 1.95. The Balaban J connectivity index is 2.49. The van der Waals surface area contributed by atoms with Gasteiger partial charge < -0.3 is 9.84 Å². The first kappa shape index (κ1) is 10.5. The molecule has 0 aliphatic carbocycles. The molecule has 0 aromatic rings. The van der Waals surface area contributed by atoms with Gasteiger partial charge in [-0.05, 0) is 13.3 Å². The molecule has 0 amide bonds. The van der Waals surface area contributed by atoms with Gasteiger partial charge in [-0.25, -0.2) is 0 Å². The molecule has 0 aromatic heterocycles. The first-order chi connectivity index (χ1) is 6.09. The number of hydrogen-bond acceptors (Lipinski definition) is 4. The number of likely N-dealkylation sites (tertiary alicyclic amines) is 1. The topological polar surface area (TPSA) is 56.5 Å². The van der Waals surface area contributed by atoms with Gasteiger partial charge in [0.2, 0.25) is 0 Å². The molecule has 2 unspecified atom stereocenters. The fourth-order valence-electron chi connectivity index (χ4n) is 1.63. The molecule has 0 bridgehead atoms. The summed E-state index contributed by atoms with van der Waals surface area (Å²) in [6.07, 6.45) is 0.731. The third kappa shape index (κ3) is 2.66. The average molecular weight is 184 g/mol. The third-order valence-electron chi connectivity index (χ3n) is 2.40. The molecule has 0 radical (unpaired) electrons. The van der Waals surface area contributed by atoms with E-state index in [1.165, 1.54) is 0 Å². The van der Waals surface area contributed by atoms with Crippen molar-refractivity contribution in [3.63, 3.8) is 0 Å². The first-order valence-corrected chi connectivity index (χ1v) is 4.44. The van der Waals surface area contributed by atoms with Crippen molar-refractivity contribution < 1.29 is 9.84 Å². The summed E-state index contributed by atoms with van der Waals surface area (Å²) in [5.74, 6) is 0. The van der Waals surface area contributed by atoms with Crippen LogP contribution in [0.4, 0.5) is 0 Å². The van der Waals surface area contributed by atoms with Gasteiger partial charge in [0.1, 0.15) is 6.04 Å². The van der Waals surface area contributed by atoms with E-state index in [2.05, 4.69) is 6.07 Å². The van der Waals surface area contributed by atoms with Crippen molar-refractivity contribution in [3.05, 3.63) is 0 Å². The fraction of sp³-hybridized carbons (Fsp3) is 0.889. The maximum atomic E-state index is 9.69. The third-order valence-corrected chi connectivity index (χ3v) is 2.40. The largest absolute Gasteiger partial charge is 0.389 e. The van der Waals surface area contributed by atoms with E-state index >= 15 is 0 Å². The van der Waals surface area contributed by atoms with Crippen LogP contribution in [0.2, 0.25) is 0 Å². The summed E-state index contributed by atoms with van der Waals surface area (Å²) >= 11 is 0. The van der Waals surface area contributed by atoms with Crippen LogP contribution in [0, 0.1) is 11.3 Å². The normalized spacial score (nSPS) is 31.5. The number of methoxy groups -OCH3 is 1. The highest BCUT2D eigenvalue weighted by molar-refractivity contribution is 4.98. The number of ether oxygens (including phenoxy) is 1. The summed E-state index contributed by atoms with van der Waals surface area (Å²) in [6.45, 7) is 3.55. The van der Waals surface area contributed by atoms with Gasteiger partial charge in [0.15, 0.2) is 0 Å². The molecular formula is C9H16N2O2. The summed E-state index contributed by atoms with van der Waals surface area (Å²) < 4.78 is 4.93. The Morgan fingerprint density at radius 2 is 2.46 bits per heavy atom. The van der Waals surface area contributed by atoms with Crippen LogP contribution in [0.25, 0.3) is 0 Å². The Labute approximate surface area is 78.7 Å². The Morgan fingerprint density at radius 3 is 2.85 bits per heavy atom. The van der Waals surface area contributed by atoms with Gasteiger partial charge in [-0.3, -0.25) is 4.90 Å². The molecular weight excluding hydrogens is 168 g/mol. The summed E-state index contributed by atoms with van der Waals surface area (Å²) in [4.78, 5) is 1.96. The minimum atomic E-state index is -0.636. The van der Waals surface area contributed by atoms with E-state index in [1.807, 2.05) is 4.90 Å². The Hall–Kier alpha value is -0.630. The Bertz CT molecular complexity index is 210. The van der Waals surface area contributed by atoms with Gasteiger partial charge in [-0.15, -0.1) is 0 Å². The summed E-state index contributed by atoms with van der Waals surface area (Å²) in [5, 5.41) is 18.5. The van der Waals surface area contributed by atoms with Gasteiger partial charge >= 0.3 is 0 Å². The minimum Gasteiger partial charge on any atom is -0.389 e. The number of rotatable bonds is 3. The van der Waals surface area contributed by atoms with Crippen molar-refractivity contribution in [1.29, 1.82) is 5.26 Å². The van der Waals surface area contributed by atoms with Crippen LogP contribution >= 0.6 is 0 Å². The Kier molecular flexibility index (Phi) is 3.26. The predicted molar refractivity (Wildman–Crippen MR) is 48.1 cm³/mol. The SMILES string of the molecule is COCC(C#N)N1CCC(C)(O)C1. The van der Waals surface area contributed by atoms with E-state index in [-0.39, 0.29) is 6.04 Å². The van der Waals surface area contributed by atoms with Crippen molar-refractivity contribution in [2.75, 3.05) is 26.8 Å². The highest BCUT2D eigenvalue weighted by atomic mass is 16.5. The molecule has 13 heavy (non-hydrogen) atoms. The highest BCUT2D eigenvalue weighted by Gasteiger charge is 2.34. The monoisotopic (exact) mass is 184 g/mol. The zero-order chi connectivity index (χ0) is 9.90. The lowest BCUT2D eigenvalue weighted by Crippen LogP contribution is -2.38. The molecule has 1 fully saturated rings. The first-order valence-electron chi connectivity index (χ1n) is 4.44. The zero-order valence-electron chi connectivity index (χ0n) is 8.16. The molecule has 0 saturated carbocycles. The molecule has 1 aliphatic heterocycles. The van der Waals surface area contributed by atoms with E-state index in [1.54, 1.807) is 14.0 Å². The molecule has 4 nitrogen and oxygen atoms in total. The number of hydrogen-bond donors (Lipinski definition) is 1. The van der Waals surface area contributed by atoms with Gasteiger partial charge in [0, 0.05) is 20.2 Å². The molecule has 74 valence electrons. The molecule has 1 saturated heterocycles. The van der Waals surface area contributed by atoms with Crippen LogP contribution in [-0.4, -0.2) is 48.5 Å². The van der Waals surface area contributed by atoms with Crippen LogP contribution in [0.15, 0.2) is 0 Å². The molecule has 1 aliphatic rings. The molecule has 2 atom stereocenters. The number of nitrogens with zero attached hydrogens (tertiary/aromatic N) is 2. The maximum Gasteiger partial charge on any atom is 0.121 e. The molecule has 4 heteroatoms. The number of aliphatic hydroxyl groups is 1. The van der Waals surface area contributed by atoms with Gasteiger partial charge in [-0.1, -0.05) is 0 Å². The van der Waals surface area contributed by atoms with Crippen molar-refractivity contribution >= 4 is 0 Å². The second kappa shape index (κ2) is 4.05. The molecule has 1 heterocycles. The van der Waals surface area contributed by atoms with E-state index in [4.69, 9.17) is 10.00 Å². The van der Waals surface area contributed by atoms with Gasteiger partial charge in [0.05, 0.1) is 18.3 Å². The van der Waals surface area contributed by atoms with Crippen LogP contribution in [0.3, 0.4) is 0 Å². The zero-order valence-corrected chi connectivity index (χ0v) is 8.16. The van der Waals surface area contributed by atoms with Crippen LogP contribution in [-0.2, 0) is 4.74 Å². The van der Waals surface area contributed by atoms with E-state index in [9.17, 15) is 5.11 Å². The van der Waals surface area contributed by atoms with Crippen molar-refractivity contribution in [1.82, 2.24) is 4.90 Å². The highest BCUT2D eigenvalue weighted by Crippen LogP contribution is 2.21. The van der Waals surface area contributed by atoms with Crippen molar-refractivity contribution in [2.24, 2.45) is 0 Å². The quantitative estimate of drug-likeness (QED) is 0.670. The van der Waals surface area contributed by atoms with Gasteiger partial charge in [0.25, 0.3) is 0 Å². The summed E-state index contributed by atoms with van der Waals surface area (Å²) in [5.41, 5.74) is -0.636. The second-order valence-corrected chi connectivity index (χ2v) is 3.82. The minimum absolute atomic E-state index is 0.223. The van der Waals surface area contributed by atoms with Crippen molar-refractivity contribution in [3.8, 4) is 6.07 Å². The molecule has 1 N–H and O–H groups in total. The van der Waals surface area contributed by atoms with Crippen LogP contribution in [0.1, 0.15) is 13.3 Å². The average Bonchev–Trinajstić information content (AvgIpc) is 2.42. The fourth-order valence-corrected chi connectivity index (χ4v) is 1.63. The molecule has 0 aromatic carbocycles. The molecule has 0 spiro atoms. The smallest absolute Gasteiger partial charge is 0.121 e. The predicted octanol–water partition coefficient (Wildman–Crippen LogP) is -0.0183. The van der Waals surface area contributed by atoms with E-state index < -0.39 is 5.60 Å². The van der Waals surface area contributed by atoms with Crippen LogP contribution < -0.4 is 0 Å². The van der Waals surface area contributed by atoms with Gasteiger partial charge in [-0.2, -0.15) is 5.26 Å². The van der Waals surface area contributed by atoms with Crippen molar-refractivity contribution in [2.45, 2.75) is 25.0 Å². The van der Waals surface area contributed by atoms with E-state index in [0.29, 0.717) is 13.2 Å². The number of nitriles is 1. The standard InChI is InChI=1S/C9H16N2O2/c1-9(12)3-4-11(7-9)8(5-10)6-13-2/h8,12H,3-4,6-7H2,1-2H3. The lowest BCUT2D eigenvalue weighted by molar-refractivity contribution is 0.0572. The summed E-state index contributed by atoms with van der Waals surface area (Å²) in [7, 11) is 1.58. The molecule has 1 rings (SSSR count). The van der Waals surface area contributed by atoms with E-state index in [0.717, 1.165) is 13.0 Å². The van der Waals surface area contributed by atoms with Crippen LogP contribution in [0.5, 0.6) is 0 Å². The Morgan fingerprint density at radius 1 is 1.77 bits per heavy atom. The lowest BCUT2D eigenvalue weighted by Gasteiger charge is -2.22. The second-order valence-electron chi connectivity index (χ2n) is 3.82. The maximum absolute atomic E-state index is 9.69.